The summed E-state index contributed by atoms with van der Waals surface area (Å²) >= 11 is 0. The van der Waals surface area contributed by atoms with Crippen molar-refractivity contribution in [1.29, 1.82) is 0 Å². The molecule has 12 heteroatoms. The number of carbonyl (C=O) groups is 5. The molecule has 0 spiro atoms. The largest absolute Gasteiger partial charge is 0.463 e. The summed E-state index contributed by atoms with van der Waals surface area (Å²) in [5.74, 6) is -0.0643. The second-order valence-electron chi connectivity index (χ2n) is 8.33. The fraction of sp³-hybridized carbons (Fsp3) is 0.600. The van der Waals surface area contributed by atoms with Gasteiger partial charge in [0, 0.05) is 30.6 Å². The Hall–Kier alpha value is -3.58. The molecule has 0 aromatic heterocycles. The number of benzene rings is 1. The van der Waals surface area contributed by atoms with Gasteiger partial charge in [0.15, 0.2) is 12.6 Å². The highest BCUT2D eigenvalue weighted by atomic mass is 16.6. The van der Waals surface area contributed by atoms with Crippen LogP contribution in [0.2, 0.25) is 0 Å². The Kier molecular flexibility index (Phi) is 61.8. The van der Waals surface area contributed by atoms with E-state index in [0.29, 0.717) is 36.7 Å². The number of aliphatic hydroxyl groups is 2. The summed E-state index contributed by atoms with van der Waals surface area (Å²) in [6.07, 6.45) is 8.37. The molecule has 6 N–H and O–H groups in total. The zero-order valence-corrected chi connectivity index (χ0v) is 30.0. The fourth-order valence-corrected chi connectivity index (χ4v) is 2.51. The average Bonchev–Trinajstić information content (AvgIpc) is 3.53. The Balaban J connectivity index is -0.0000000864. The second-order valence-corrected chi connectivity index (χ2v) is 8.33. The van der Waals surface area contributed by atoms with E-state index in [2.05, 4.69) is 10.7 Å². The van der Waals surface area contributed by atoms with Gasteiger partial charge >= 0.3 is 5.97 Å². The van der Waals surface area contributed by atoms with Crippen LogP contribution in [0.3, 0.4) is 0 Å². The van der Waals surface area contributed by atoms with Crippen molar-refractivity contribution in [2.45, 2.75) is 108 Å². The third-order valence-corrected chi connectivity index (χ3v) is 4.48. The summed E-state index contributed by atoms with van der Waals surface area (Å²) in [6, 6.07) is 6.65. The molecule has 2 atom stereocenters. The molecule has 1 aliphatic heterocycles. The molecule has 1 aromatic carbocycles. The first-order valence-electron chi connectivity index (χ1n) is 15.5. The molecule has 0 bridgehead atoms. The number of aldehydes is 3. The van der Waals surface area contributed by atoms with E-state index in [9.17, 15) is 24.0 Å². The van der Waals surface area contributed by atoms with Gasteiger partial charge in [-0.1, -0.05) is 86.2 Å². The monoisotopic (exact) mass is 673 g/mol. The van der Waals surface area contributed by atoms with E-state index >= 15 is 0 Å². The van der Waals surface area contributed by atoms with E-state index in [1.165, 1.54) is 7.05 Å². The van der Waals surface area contributed by atoms with Gasteiger partial charge < -0.3 is 35.9 Å². The normalized spacial score (nSPS) is 13.6. The van der Waals surface area contributed by atoms with Crippen molar-refractivity contribution in [3.63, 3.8) is 0 Å². The van der Waals surface area contributed by atoms with E-state index in [-0.39, 0.29) is 56.3 Å². The summed E-state index contributed by atoms with van der Waals surface area (Å²) in [4.78, 5) is 55.0. The Morgan fingerprint density at radius 2 is 1.47 bits per heavy atom. The Labute approximate surface area is 285 Å². The molecule has 2 unspecified atom stereocenters. The minimum atomic E-state index is -0.356. The molecule has 1 fully saturated rings. The number of aliphatic hydroxyl groups excluding tert-OH is 2. The van der Waals surface area contributed by atoms with Crippen LogP contribution < -0.4 is 11.5 Å². The van der Waals surface area contributed by atoms with Crippen molar-refractivity contribution < 1.29 is 43.7 Å². The quantitative estimate of drug-likeness (QED) is 0.113. The number of nitrogens with zero attached hydrogens (tertiary/aromatic N) is 1. The molecule has 0 aliphatic carbocycles. The van der Waals surface area contributed by atoms with Gasteiger partial charge in [-0.3, -0.25) is 19.2 Å². The second kappa shape index (κ2) is 49.3. The first-order chi connectivity index (χ1) is 22.1. The molecule has 1 aliphatic rings. The molecular weight excluding hydrogens is 606 g/mol. The van der Waals surface area contributed by atoms with Crippen LogP contribution in [-0.2, 0) is 23.9 Å². The number of nitrogens with two attached hydrogens (primary N) is 2. The predicted molar refractivity (Wildman–Crippen MR) is 194 cm³/mol. The van der Waals surface area contributed by atoms with Crippen molar-refractivity contribution in [2.24, 2.45) is 22.4 Å². The Bertz CT molecular complexity index is 879. The zero-order valence-electron chi connectivity index (χ0n) is 30.0. The van der Waals surface area contributed by atoms with E-state index in [1.807, 2.05) is 55.4 Å². The first kappa shape index (κ1) is 58.9. The van der Waals surface area contributed by atoms with E-state index < -0.39 is 0 Å². The molecule has 2 rings (SSSR count). The van der Waals surface area contributed by atoms with Crippen LogP contribution >= 0.6 is 0 Å². The maximum atomic E-state index is 10.8. The number of esters is 1. The smallest absolute Gasteiger partial charge is 0.308 e. The minimum absolute atomic E-state index is 0. The molecule has 1 amide bonds. The lowest BCUT2D eigenvalue weighted by molar-refractivity contribution is -0.148. The van der Waals surface area contributed by atoms with Gasteiger partial charge in [-0.25, -0.2) is 0 Å². The number of aliphatic imine (C=N–C) groups is 1. The number of rotatable bonds is 9. The third kappa shape index (κ3) is 44.6. The third-order valence-electron chi connectivity index (χ3n) is 4.48. The van der Waals surface area contributed by atoms with Crippen LogP contribution in [-0.4, -0.2) is 86.4 Å². The summed E-state index contributed by atoms with van der Waals surface area (Å²) in [5, 5.41) is 15.4. The minimum Gasteiger partial charge on any atom is -0.463 e. The summed E-state index contributed by atoms with van der Waals surface area (Å²) < 4.78 is 10.3. The van der Waals surface area contributed by atoms with Crippen LogP contribution in [0.1, 0.15) is 116 Å². The first-order valence-corrected chi connectivity index (χ1v) is 15.5. The molecule has 47 heavy (non-hydrogen) atoms. The Morgan fingerprint density at radius 1 is 1.02 bits per heavy atom. The average molecular weight is 674 g/mol. The molecule has 1 aromatic rings. The molecule has 1 heterocycles. The molecule has 1 saturated heterocycles. The summed E-state index contributed by atoms with van der Waals surface area (Å²) in [7, 11) is 2.50. The molecule has 12 nitrogen and oxygen atoms in total. The van der Waals surface area contributed by atoms with Crippen LogP contribution in [0.4, 0.5) is 0 Å². The number of ether oxygens (including phenoxy) is 2. The SMILES string of the molecule is C.C/C=C\C(N)=NC(=O)CC.CC.CC.CC(C)C=O.CC1CCC(COC(=O)CCO)O1.CN.CO.O=Cc1ccccc1C=O. The maximum Gasteiger partial charge on any atom is 0.308 e. The number of amidine groups is 1. The lowest BCUT2D eigenvalue weighted by atomic mass is 10.1. The lowest BCUT2D eigenvalue weighted by Crippen LogP contribution is -2.19. The summed E-state index contributed by atoms with van der Waals surface area (Å²) in [6.45, 7) is 17.5. The van der Waals surface area contributed by atoms with Crippen molar-refractivity contribution >= 4 is 36.6 Å². The van der Waals surface area contributed by atoms with Crippen molar-refractivity contribution in [3.8, 4) is 0 Å². The number of hydrogen-bond donors (Lipinski definition) is 4. The zero-order chi connectivity index (χ0) is 37.3. The number of amides is 1. The van der Waals surface area contributed by atoms with Gasteiger partial charge in [0.05, 0.1) is 25.2 Å². The highest BCUT2D eigenvalue weighted by molar-refractivity contribution is 5.99. The van der Waals surface area contributed by atoms with Crippen molar-refractivity contribution in [1.82, 2.24) is 0 Å². The predicted octanol–water partition coefficient (Wildman–Crippen LogP) is 5.36. The van der Waals surface area contributed by atoms with E-state index in [0.717, 1.165) is 26.2 Å². The molecule has 0 saturated carbocycles. The van der Waals surface area contributed by atoms with Gasteiger partial charge in [-0.2, -0.15) is 4.99 Å². The molecule has 276 valence electrons. The maximum absolute atomic E-state index is 10.8. The standard InChI is InChI=1S/C9H16O4.C8H6O2.C7H12N2O.C4H8O.2C2H6.CH5N.CH4O.CH4/c1-7-2-3-8(13-7)6-12-9(11)4-5-10;9-5-7-3-1-2-4-8(7)6-10;1-3-5-6(8)9-7(10)4-2;1-4(2)3-5;4*1-2;/h7-8,10H,2-6H2,1H3;1-6H;3,5H,4H2,1-2H3,(H2,8,9,10);3-4H,1-2H3;2*1-2H3;2H2,1H3;2H,1H3;1H4/b;;5-3-;;;;;;. The van der Waals surface area contributed by atoms with Gasteiger partial charge in [0.25, 0.3) is 0 Å². The highest BCUT2D eigenvalue weighted by Gasteiger charge is 2.22. The van der Waals surface area contributed by atoms with Crippen molar-refractivity contribution in [3.05, 3.63) is 47.5 Å². The van der Waals surface area contributed by atoms with Crippen LogP contribution in [0.15, 0.2) is 41.4 Å². The van der Waals surface area contributed by atoms with Gasteiger partial charge in [-0.05, 0) is 39.8 Å². The molecule has 0 radical (unpaired) electrons. The van der Waals surface area contributed by atoms with E-state index in [4.69, 9.17) is 25.4 Å². The van der Waals surface area contributed by atoms with Gasteiger partial charge in [-0.15, -0.1) is 0 Å². The van der Waals surface area contributed by atoms with Crippen LogP contribution in [0.25, 0.3) is 0 Å². The summed E-state index contributed by atoms with van der Waals surface area (Å²) in [5.41, 5.74) is 10.7. The highest BCUT2D eigenvalue weighted by Crippen LogP contribution is 2.19. The Morgan fingerprint density at radius 3 is 1.77 bits per heavy atom. The number of carbonyl (C=O) groups excluding carboxylic acids is 5. The van der Waals surface area contributed by atoms with E-state index in [1.54, 1.807) is 43.3 Å². The van der Waals surface area contributed by atoms with Gasteiger partial charge in [0.2, 0.25) is 5.91 Å². The molecular formula is C35H67N3O9. The van der Waals surface area contributed by atoms with Gasteiger partial charge in [0.1, 0.15) is 18.7 Å². The van der Waals surface area contributed by atoms with Crippen LogP contribution in [0.5, 0.6) is 0 Å². The topological polar surface area (TPSA) is 209 Å². The fourth-order valence-electron chi connectivity index (χ4n) is 2.51. The number of allylic oxidation sites excluding steroid dienone is 1. The lowest BCUT2D eigenvalue weighted by Gasteiger charge is -2.10. The number of hydrogen-bond acceptors (Lipinski definition) is 10. The van der Waals surface area contributed by atoms with Crippen molar-refractivity contribution in [2.75, 3.05) is 27.4 Å². The van der Waals surface area contributed by atoms with Crippen LogP contribution in [0, 0.1) is 5.92 Å².